The van der Waals surface area contributed by atoms with Crippen LogP contribution in [0.3, 0.4) is 0 Å². The molecular weight excluding hydrogens is 440 g/mol. The average Bonchev–Trinajstić information content (AvgIpc) is 2.79. The molecule has 0 bridgehead atoms. The Bertz CT molecular complexity index is 1330. The van der Waals surface area contributed by atoms with Gasteiger partial charge in [-0.15, -0.1) is 0 Å². The van der Waals surface area contributed by atoms with Crippen LogP contribution in [0.1, 0.15) is 17.9 Å². The molecule has 1 fully saturated rings. The van der Waals surface area contributed by atoms with E-state index in [0.29, 0.717) is 35.6 Å². The molecular formula is C23H24N6O3S. The lowest BCUT2D eigenvalue weighted by atomic mass is 10.2. The molecule has 170 valence electrons. The zero-order valence-corrected chi connectivity index (χ0v) is 19.2. The van der Waals surface area contributed by atoms with Gasteiger partial charge >= 0.3 is 0 Å². The number of rotatable bonds is 5. The predicted molar refractivity (Wildman–Crippen MR) is 126 cm³/mol. The number of piperazine rings is 1. The van der Waals surface area contributed by atoms with Crippen molar-refractivity contribution in [3.63, 3.8) is 0 Å². The fraction of sp³-hybridized carbons (Fsp3) is 0.304. The number of sulfone groups is 1. The molecule has 1 aliphatic heterocycles. The lowest BCUT2D eigenvalue weighted by molar-refractivity contribution is -0.114. The van der Waals surface area contributed by atoms with Crippen molar-refractivity contribution in [1.29, 1.82) is 5.26 Å². The van der Waals surface area contributed by atoms with Gasteiger partial charge in [0.2, 0.25) is 15.7 Å². The Balaban J connectivity index is 1.80. The van der Waals surface area contributed by atoms with E-state index >= 15 is 0 Å². The predicted octanol–water partition coefficient (Wildman–Crippen LogP) is 2.38. The first-order valence-corrected chi connectivity index (χ1v) is 12.1. The minimum atomic E-state index is -4.10. The first kappa shape index (κ1) is 22.6. The summed E-state index contributed by atoms with van der Waals surface area (Å²) in [4.78, 5) is 24.7. The number of aromatic nitrogens is 2. The first-order valence-electron chi connectivity index (χ1n) is 10.5. The number of carbonyl (C=O) groups is 1. The van der Waals surface area contributed by atoms with Crippen molar-refractivity contribution in [1.82, 2.24) is 14.9 Å². The van der Waals surface area contributed by atoms with Gasteiger partial charge in [0.1, 0.15) is 5.69 Å². The molecule has 1 aromatic heterocycles. The second-order valence-corrected chi connectivity index (χ2v) is 10.0. The van der Waals surface area contributed by atoms with Crippen molar-refractivity contribution in [2.45, 2.75) is 17.1 Å². The number of likely N-dealkylation sites (N-methyl/N-ethyl adjacent to an activating group) is 1. The van der Waals surface area contributed by atoms with Crippen LogP contribution in [0.4, 0.5) is 11.5 Å². The van der Waals surface area contributed by atoms with Gasteiger partial charge in [-0.3, -0.25) is 4.79 Å². The SMILES string of the molecule is CC(=O)Nc1ccc(S(=O)(=O)[C@H](C#N)c2nc3ccccc3nc2N2CCN(C)CC2)cc1. The van der Waals surface area contributed by atoms with Crippen molar-refractivity contribution in [2.24, 2.45) is 0 Å². The molecule has 1 saturated heterocycles. The number of para-hydroxylation sites is 2. The van der Waals surface area contributed by atoms with E-state index in [-0.39, 0.29) is 16.5 Å². The average molecular weight is 465 g/mol. The molecule has 0 saturated carbocycles. The second kappa shape index (κ2) is 9.13. The second-order valence-electron chi connectivity index (χ2n) is 7.97. The van der Waals surface area contributed by atoms with Crippen LogP contribution in [0.15, 0.2) is 53.4 Å². The van der Waals surface area contributed by atoms with Gasteiger partial charge in [-0.05, 0) is 43.4 Å². The van der Waals surface area contributed by atoms with Gasteiger partial charge in [0.15, 0.2) is 11.1 Å². The van der Waals surface area contributed by atoms with Gasteiger partial charge in [0, 0.05) is 38.8 Å². The van der Waals surface area contributed by atoms with Crippen LogP contribution in [0.2, 0.25) is 0 Å². The fourth-order valence-corrected chi connectivity index (χ4v) is 5.15. The van der Waals surface area contributed by atoms with E-state index in [9.17, 15) is 18.5 Å². The highest BCUT2D eigenvalue weighted by molar-refractivity contribution is 7.92. The summed E-state index contributed by atoms with van der Waals surface area (Å²) in [6, 6.07) is 14.9. The lowest BCUT2D eigenvalue weighted by Gasteiger charge is -2.34. The highest BCUT2D eigenvalue weighted by atomic mass is 32.2. The molecule has 0 unspecified atom stereocenters. The molecule has 1 atom stereocenters. The summed E-state index contributed by atoms with van der Waals surface area (Å²) in [5.74, 6) is 0.163. The molecule has 3 aromatic rings. The number of hydrogen-bond donors (Lipinski definition) is 1. The Morgan fingerprint density at radius 3 is 2.21 bits per heavy atom. The molecule has 33 heavy (non-hydrogen) atoms. The van der Waals surface area contributed by atoms with Crippen LogP contribution in [-0.4, -0.2) is 62.4 Å². The highest BCUT2D eigenvalue weighted by Gasteiger charge is 2.35. The molecule has 0 aliphatic carbocycles. The minimum absolute atomic E-state index is 0.0255. The van der Waals surface area contributed by atoms with E-state index in [4.69, 9.17) is 4.98 Å². The number of carbonyl (C=O) groups excluding carboxylic acids is 1. The van der Waals surface area contributed by atoms with Crippen LogP contribution < -0.4 is 10.2 Å². The van der Waals surface area contributed by atoms with Crippen LogP contribution >= 0.6 is 0 Å². The minimum Gasteiger partial charge on any atom is -0.352 e. The molecule has 10 heteroatoms. The topological polar surface area (TPSA) is 119 Å². The number of nitrogens with zero attached hydrogens (tertiary/aromatic N) is 5. The third-order valence-corrected chi connectivity index (χ3v) is 7.44. The van der Waals surface area contributed by atoms with Crippen LogP contribution in [0, 0.1) is 11.3 Å². The number of nitriles is 1. The van der Waals surface area contributed by atoms with Gasteiger partial charge in [0.25, 0.3) is 0 Å². The normalized spacial score (nSPS) is 15.7. The maximum Gasteiger partial charge on any atom is 0.221 e. The zero-order valence-electron chi connectivity index (χ0n) is 18.4. The summed E-state index contributed by atoms with van der Waals surface area (Å²) in [5.41, 5.74) is 1.77. The van der Waals surface area contributed by atoms with Crippen molar-refractivity contribution >= 4 is 38.3 Å². The fourth-order valence-electron chi connectivity index (χ4n) is 3.78. The summed E-state index contributed by atoms with van der Waals surface area (Å²) in [6.07, 6.45) is 0. The lowest BCUT2D eigenvalue weighted by Crippen LogP contribution is -2.45. The molecule has 1 aliphatic rings. The molecule has 0 spiro atoms. The number of benzene rings is 2. The van der Waals surface area contributed by atoms with E-state index in [0.717, 1.165) is 13.1 Å². The van der Waals surface area contributed by atoms with E-state index < -0.39 is 15.1 Å². The number of nitrogens with one attached hydrogen (secondary N) is 1. The maximum atomic E-state index is 13.5. The largest absolute Gasteiger partial charge is 0.352 e. The van der Waals surface area contributed by atoms with Crippen LogP contribution in [0.5, 0.6) is 0 Å². The highest BCUT2D eigenvalue weighted by Crippen LogP contribution is 2.34. The van der Waals surface area contributed by atoms with E-state index in [1.54, 1.807) is 12.1 Å². The van der Waals surface area contributed by atoms with Crippen molar-refractivity contribution in [2.75, 3.05) is 43.4 Å². The molecule has 4 rings (SSSR count). The molecule has 9 nitrogen and oxygen atoms in total. The molecule has 2 aromatic carbocycles. The Kier molecular flexibility index (Phi) is 6.26. The number of fused-ring (bicyclic) bond motifs is 1. The van der Waals surface area contributed by atoms with Crippen molar-refractivity contribution in [3.05, 3.63) is 54.2 Å². The summed E-state index contributed by atoms with van der Waals surface area (Å²) < 4.78 is 27.0. The first-order chi connectivity index (χ1) is 15.8. The zero-order chi connectivity index (χ0) is 23.6. The molecule has 1 N–H and O–H groups in total. The van der Waals surface area contributed by atoms with E-state index in [1.165, 1.54) is 31.2 Å². The summed E-state index contributed by atoms with van der Waals surface area (Å²) in [7, 11) is -2.08. The molecule has 1 amide bonds. The smallest absolute Gasteiger partial charge is 0.221 e. The maximum absolute atomic E-state index is 13.5. The van der Waals surface area contributed by atoms with E-state index in [2.05, 4.69) is 15.2 Å². The summed E-state index contributed by atoms with van der Waals surface area (Å²) in [5, 5.41) is 11.1. The summed E-state index contributed by atoms with van der Waals surface area (Å²) >= 11 is 0. The van der Waals surface area contributed by atoms with Gasteiger partial charge in [-0.2, -0.15) is 5.26 Å². The Hall–Kier alpha value is -3.55. The van der Waals surface area contributed by atoms with E-state index in [1.807, 2.05) is 30.1 Å². The van der Waals surface area contributed by atoms with Crippen molar-refractivity contribution < 1.29 is 13.2 Å². The van der Waals surface area contributed by atoms with Crippen LogP contribution in [-0.2, 0) is 14.6 Å². The molecule has 0 radical (unpaired) electrons. The number of amides is 1. The summed E-state index contributed by atoms with van der Waals surface area (Å²) in [6.45, 7) is 4.26. The van der Waals surface area contributed by atoms with Gasteiger partial charge in [-0.1, -0.05) is 12.1 Å². The standard InChI is InChI=1S/C23H24N6O3S/c1-16(30)25-17-7-9-18(10-8-17)33(31,32)21(15-24)22-23(29-13-11-28(2)12-14-29)27-20-6-4-3-5-19(20)26-22/h3-10,21H,11-14H2,1-2H3,(H,25,30)/t21-/m1/s1. The van der Waals surface area contributed by atoms with Gasteiger partial charge in [0.05, 0.1) is 22.0 Å². The quantitative estimate of drug-likeness (QED) is 0.611. The number of anilines is 2. The Labute approximate surface area is 192 Å². The van der Waals surface area contributed by atoms with Crippen molar-refractivity contribution in [3.8, 4) is 6.07 Å². The third kappa shape index (κ3) is 4.65. The monoisotopic (exact) mass is 464 g/mol. The Morgan fingerprint density at radius 2 is 1.64 bits per heavy atom. The number of hydrogen-bond acceptors (Lipinski definition) is 8. The van der Waals surface area contributed by atoms with Gasteiger partial charge < -0.3 is 15.1 Å². The Morgan fingerprint density at radius 1 is 1.03 bits per heavy atom. The molecule has 2 heterocycles. The van der Waals surface area contributed by atoms with Gasteiger partial charge in [-0.25, -0.2) is 18.4 Å². The van der Waals surface area contributed by atoms with Crippen LogP contribution in [0.25, 0.3) is 11.0 Å². The third-order valence-electron chi connectivity index (χ3n) is 5.56.